The third-order valence-electron chi connectivity index (χ3n) is 2.04. The molecule has 0 aromatic rings. The molecule has 0 amide bonds. The van der Waals surface area contributed by atoms with E-state index in [4.69, 9.17) is 9.99 Å². The van der Waals surface area contributed by atoms with Gasteiger partial charge in [-0.3, -0.25) is 0 Å². The van der Waals surface area contributed by atoms with Gasteiger partial charge < -0.3 is 5.11 Å². The highest BCUT2D eigenvalue weighted by Gasteiger charge is 2.05. The van der Waals surface area contributed by atoms with Crippen LogP contribution in [0.5, 0.6) is 0 Å². The van der Waals surface area contributed by atoms with Crippen molar-refractivity contribution in [1.82, 2.24) is 0 Å². The minimum absolute atomic E-state index is 0.176. The second-order valence-corrected chi connectivity index (χ2v) is 3.67. The van der Waals surface area contributed by atoms with Gasteiger partial charge in [0.25, 0.3) is 0 Å². The van der Waals surface area contributed by atoms with Crippen LogP contribution in [0.2, 0.25) is 0 Å². The Kier molecular flexibility index (Phi) is 8.40. The van der Waals surface area contributed by atoms with E-state index in [1.54, 1.807) is 0 Å². The van der Waals surface area contributed by atoms with Gasteiger partial charge in [-0.25, -0.2) is 9.78 Å². The lowest BCUT2D eigenvalue weighted by Gasteiger charge is -2.12. The zero-order valence-electron chi connectivity index (χ0n) is 8.95. The Morgan fingerprint density at radius 2 is 1.92 bits per heavy atom. The van der Waals surface area contributed by atoms with Crippen molar-refractivity contribution in [2.24, 2.45) is 5.92 Å². The Morgan fingerprint density at radius 1 is 1.23 bits per heavy atom. The highest BCUT2D eigenvalue weighted by atomic mass is 17.2. The molecule has 2 unspecified atom stereocenters. The predicted molar refractivity (Wildman–Crippen MR) is 52.3 cm³/mol. The summed E-state index contributed by atoms with van der Waals surface area (Å²) in [6, 6.07) is 0. The first kappa shape index (κ1) is 12.9. The fourth-order valence-corrected chi connectivity index (χ4v) is 1.44. The van der Waals surface area contributed by atoms with Crippen LogP contribution in [0.4, 0.5) is 0 Å². The van der Waals surface area contributed by atoms with Gasteiger partial charge in [0.15, 0.2) is 0 Å². The molecule has 0 heterocycles. The molecule has 0 aliphatic rings. The van der Waals surface area contributed by atoms with Crippen molar-refractivity contribution in [2.75, 3.05) is 13.7 Å². The Hall–Kier alpha value is -0.120. The molecule has 0 aliphatic heterocycles. The van der Waals surface area contributed by atoms with Crippen LogP contribution in [0.15, 0.2) is 0 Å². The molecule has 13 heavy (non-hydrogen) atoms. The summed E-state index contributed by atoms with van der Waals surface area (Å²) in [5, 5.41) is 9.12. The quantitative estimate of drug-likeness (QED) is 0.362. The van der Waals surface area contributed by atoms with Gasteiger partial charge in [0.2, 0.25) is 0 Å². The Balaban J connectivity index is 3.12. The van der Waals surface area contributed by atoms with Gasteiger partial charge in [0.05, 0.1) is 19.8 Å². The molecule has 0 aromatic heterocycles. The molecular formula is C10H22O3. The summed E-state index contributed by atoms with van der Waals surface area (Å²) in [5.74, 6) is 0.600. The zero-order chi connectivity index (χ0) is 10.1. The highest BCUT2D eigenvalue weighted by Crippen LogP contribution is 2.13. The maximum Gasteiger partial charge on any atom is 0.0822 e. The van der Waals surface area contributed by atoms with Gasteiger partial charge in [-0.1, -0.05) is 19.8 Å². The summed E-state index contributed by atoms with van der Waals surface area (Å²) < 4.78 is 0. The molecule has 1 N–H and O–H groups in total. The molecule has 2 atom stereocenters. The minimum Gasteiger partial charge on any atom is -0.393 e. The van der Waals surface area contributed by atoms with E-state index < -0.39 is 0 Å². The van der Waals surface area contributed by atoms with Gasteiger partial charge in [-0.2, -0.15) is 0 Å². The predicted octanol–water partition coefficient (Wildman–Crippen LogP) is 2.14. The van der Waals surface area contributed by atoms with E-state index in [0.29, 0.717) is 12.5 Å². The maximum absolute atomic E-state index is 9.12. The molecule has 80 valence electrons. The molecule has 0 fully saturated rings. The van der Waals surface area contributed by atoms with E-state index in [1.165, 1.54) is 7.11 Å². The minimum atomic E-state index is -0.176. The molecule has 0 rings (SSSR count). The van der Waals surface area contributed by atoms with Crippen molar-refractivity contribution in [3.63, 3.8) is 0 Å². The van der Waals surface area contributed by atoms with Crippen LogP contribution in [0.3, 0.4) is 0 Å². The fourth-order valence-electron chi connectivity index (χ4n) is 1.44. The van der Waals surface area contributed by atoms with Gasteiger partial charge in [-0.05, 0) is 25.7 Å². The van der Waals surface area contributed by atoms with E-state index >= 15 is 0 Å². The van der Waals surface area contributed by atoms with Gasteiger partial charge >= 0.3 is 0 Å². The van der Waals surface area contributed by atoms with Gasteiger partial charge in [0, 0.05) is 0 Å². The second kappa shape index (κ2) is 8.48. The highest BCUT2D eigenvalue weighted by molar-refractivity contribution is 4.57. The molecule has 0 radical (unpaired) electrons. The SMILES string of the molecule is COOCCCCC(C)CC(C)O. The van der Waals surface area contributed by atoms with Crippen LogP contribution >= 0.6 is 0 Å². The largest absolute Gasteiger partial charge is 0.393 e. The van der Waals surface area contributed by atoms with E-state index in [-0.39, 0.29) is 6.10 Å². The summed E-state index contributed by atoms with van der Waals surface area (Å²) in [6.45, 7) is 4.67. The van der Waals surface area contributed by atoms with E-state index in [0.717, 1.165) is 25.7 Å². The molecule has 0 spiro atoms. The first-order valence-electron chi connectivity index (χ1n) is 5.00. The number of hydrogen-bond donors (Lipinski definition) is 1. The maximum atomic E-state index is 9.12. The number of hydrogen-bond acceptors (Lipinski definition) is 3. The first-order chi connectivity index (χ1) is 6.16. The van der Waals surface area contributed by atoms with Gasteiger partial charge in [0.1, 0.15) is 0 Å². The summed E-state index contributed by atoms with van der Waals surface area (Å²) in [6.07, 6.45) is 4.03. The van der Waals surface area contributed by atoms with Crippen LogP contribution in [0, 0.1) is 5.92 Å². The molecule has 0 aliphatic carbocycles. The molecule has 3 nitrogen and oxygen atoms in total. The van der Waals surface area contributed by atoms with Crippen LogP contribution < -0.4 is 0 Å². The van der Waals surface area contributed by atoms with Crippen molar-refractivity contribution in [2.45, 2.75) is 45.6 Å². The normalized spacial score (nSPS) is 15.7. The summed E-state index contributed by atoms with van der Waals surface area (Å²) in [4.78, 5) is 9.22. The zero-order valence-corrected chi connectivity index (χ0v) is 8.95. The van der Waals surface area contributed by atoms with Crippen LogP contribution in [-0.4, -0.2) is 24.9 Å². The average Bonchev–Trinajstić information content (AvgIpc) is 2.02. The second-order valence-electron chi connectivity index (χ2n) is 3.67. The molecule has 0 aromatic carbocycles. The van der Waals surface area contributed by atoms with E-state index in [1.807, 2.05) is 6.92 Å². The lowest BCUT2D eigenvalue weighted by Crippen LogP contribution is -2.07. The van der Waals surface area contributed by atoms with Crippen LogP contribution in [0.25, 0.3) is 0 Å². The molecule has 0 saturated carbocycles. The molecule has 3 heteroatoms. The first-order valence-corrected chi connectivity index (χ1v) is 5.00. The third kappa shape index (κ3) is 9.80. The monoisotopic (exact) mass is 190 g/mol. The summed E-state index contributed by atoms with van der Waals surface area (Å²) in [5.41, 5.74) is 0. The lowest BCUT2D eigenvalue weighted by atomic mass is 9.98. The number of rotatable bonds is 8. The Bertz CT molecular complexity index is 104. The standard InChI is InChI=1S/C10H22O3/c1-9(8-10(2)11)6-4-5-7-13-12-3/h9-11H,4-8H2,1-3H3. The van der Waals surface area contributed by atoms with Crippen LogP contribution in [-0.2, 0) is 9.78 Å². The topological polar surface area (TPSA) is 38.7 Å². The summed E-state index contributed by atoms with van der Waals surface area (Å²) in [7, 11) is 1.52. The summed E-state index contributed by atoms with van der Waals surface area (Å²) >= 11 is 0. The van der Waals surface area contributed by atoms with Crippen molar-refractivity contribution >= 4 is 0 Å². The van der Waals surface area contributed by atoms with E-state index in [9.17, 15) is 0 Å². The van der Waals surface area contributed by atoms with Crippen molar-refractivity contribution < 1.29 is 14.9 Å². The number of unbranched alkanes of at least 4 members (excludes halogenated alkanes) is 1. The molecule has 0 bridgehead atoms. The van der Waals surface area contributed by atoms with Crippen molar-refractivity contribution in [1.29, 1.82) is 0 Å². The van der Waals surface area contributed by atoms with Crippen molar-refractivity contribution in [3.8, 4) is 0 Å². The van der Waals surface area contributed by atoms with E-state index in [2.05, 4.69) is 11.8 Å². The van der Waals surface area contributed by atoms with Gasteiger partial charge in [-0.15, -0.1) is 0 Å². The Morgan fingerprint density at radius 3 is 2.46 bits per heavy atom. The Labute approximate surface area is 81.0 Å². The van der Waals surface area contributed by atoms with Crippen LogP contribution in [0.1, 0.15) is 39.5 Å². The smallest absolute Gasteiger partial charge is 0.0822 e. The third-order valence-corrected chi connectivity index (χ3v) is 2.04. The van der Waals surface area contributed by atoms with Crippen molar-refractivity contribution in [3.05, 3.63) is 0 Å². The lowest BCUT2D eigenvalue weighted by molar-refractivity contribution is -0.272. The number of aliphatic hydroxyl groups is 1. The average molecular weight is 190 g/mol. The molecular weight excluding hydrogens is 168 g/mol. The molecule has 0 saturated heterocycles. The fraction of sp³-hybridized carbons (Fsp3) is 1.00. The number of aliphatic hydroxyl groups excluding tert-OH is 1.